The zero-order valence-corrected chi connectivity index (χ0v) is 21.1. The van der Waals surface area contributed by atoms with Gasteiger partial charge in [0.2, 0.25) is 5.95 Å². The van der Waals surface area contributed by atoms with Crippen molar-refractivity contribution in [2.75, 3.05) is 0 Å². The Morgan fingerprint density at radius 1 is 0.410 bits per heavy atom. The minimum Gasteiger partial charge on any atom is -0.278 e. The SMILES string of the molecule is c1ccc(-c2cc(-c3ccccc3)nc(-n3c4ccccc4c4c5cc6ccccc6cc5ccc43)n2)cc1. The largest absolute Gasteiger partial charge is 0.278 e. The second-order valence-corrected chi connectivity index (χ2v) is 9.90. The molecule has 6 aromatic carbocycles. The number of para-hydroxylation sites is 1. The Morgan fingerprint density at radius 2 is 1.00 bits per heavy atom. The highest BCUT2D eigenvalue weighted by molar-refractivity contribution is 6.23. The predicted molar refractivity (Wildman–Crippen MR) is 162 cm³/mol. The van der Waals surface area contributed by atoms with Crippen LogP contribution in [0.15, 0.2) is 140 Å². The highest BCUT2D eigenvalue weighted by atomic mass is 15.2. The average Bonchev–Trinajstić information content (AvgIpc) is 3.35. The van der Waals surface area contributed by atoms with Crippen molar-refractivity contribution >= 4 is 43.4 Å². The van der Waals surface area contributed by atoms with Gasteiger partial charge in [0.25, 0.3) is 0 Å². The molecule has 0 unspecified atom stereocenters. The number of rotatable bonds is 3. The quantitative estimate of drug-likeness (QED) is 0.228. The molecule has 0 fully saturated rings. The summed E-state index contributed by atoms with van der Waals surface area (Å²) in [6.45, 7) is 0. The van der Waals surface area contributed by atoms with E-state index in [2.05, 4.69) is 132 Å². The molecule has 0 bridgehead atoms. The number of benzene rings is 6. The first kappa shape index (κ1) is 21.8. The van der Waals surface area contributed by atoms with Crippen molar-refractivity contribution in [2.24, 2.45) is 0 Å². The molecule has 2 aromatic heterocycles. The molecular weight excluding hydrogens is 474 g/mol. The van der Waals surface area contributed by atoms with E-state index < -0.39 is 0 Å². The summed E-state index contributed by atoms with van der Waals surface area (Å²) < 4.78 is 2.22. The van der Waals surface area contributed by atoms with Crippen molar-refractivity contribution in [1.82, 2.24) is 14.5 Å². The van der Waals surface area contributed by atoms with Gasteiger partial charge in [-0.2, -0.15) is 0 Å². The van der Waals surface area contributed by atoms with Gasteiger partial charge in [0.05, 0.1) is 22.4 Å². The van der Waals surface area contributed by atoms with Crippen molar-refractivity contribution in [3.05, 3.63) is 140 Å². The summed E-state index contributed by atoms with van der Waals surface area (Å²) in [5.41, 5.74) is 6.13. The topological polar surface area (TPSA) is 30.7 Å². The van der Waals surface area contributed by atoms with E-state index in [-0.39, 0.29) is 0 Å². The third-order valence-electron chi connectivity index (χ3n) is 7.57. The van der Waals surface area contributed by atoms with Gasteiger partial charge in [0, 0.05) is 21.9 Å². The molecule has 2 heterocycles. The van der Waals surface area contributed by atoms with Crippen LogP contribution in [-0.4, -0.2) is 14.5 Å². The van der Waals surface area contributed by atoms with Gasteiger partial charge in [-0.1, -0.05) is 109 Å². The van der Waals surface area contributed by atoms with Gasteiger partial charge in [0.1, 0.15) is 0 Å². The van der Waals surface area contributed by atoms with Crippen LogP contribution >= 0.6 is 0 Å². The lowest BCUT2D eigenvalue weighted by Gasteiger charge is -2.12. The number of hydrogen-bond acceptors (Lipinski definition) is 2. The second kappa shape index (κ2) is 8.64. The van der Waals surface area contributed by atoms with Crippen molar-refractivity contribution in [2.45, 2.75) is 0 Å². The highest BCUT2D eigenvalue weighted by Crippen LogP contribution is 2.38. The van der Waals surface area contributed by atoms with Crippen molar-refractivity contribution in [1.29, 1.82) is 0 Å². The number of nitrogens with zero attached hydrogens (tertiary/aromatic N) is 3. The lowest BCUT2D eigenvalue weighted by atomic mass is 9.99. The molecule has 0 aliphatic rings. The fraction of sp³-hybridized carbons (Fsp3) is 0. The average molecular weight is 498 g/mol. The Kier molecular flexibility index (Phi) is 4.82. The van der Waals surface area contributed by atoms with Gasteiger partial charge in [-0.15, -0.1) is 0 Å². The normalized spacial score (nSPS) is 11.6. The Labute approximate surface area is 225 Å². The molecule has 0 atom stereocenters. The molecule has 3 heteroatoms. The zero-order valence-electron chi connectivity index (χ0n) is 21.1. The lowest BCUT2D eigenvalue weighted by Crippen LogP contribution is -2.03. The highest BCUT2D eigenvalue weighted by Gasteiger charge is 2.18. The van der Waals surface area contributed by atoms with E-state index >= 15 is 0 Å². The van der Waals surface area contributed by atoms with Crippen LogP contribution in [0.3, 0.4) is 0 Å². The second-order valence-electron chi connectivity index (χ2n) is 9.90. The van der Waals surface area contributed by atoms with Crippen LogP contribution in [0.4, 0.5) is 0 Å². The van der Waals surface area contributed by atoms with Gasteiger partial charge in [-0.3, -0.25) is 4.57 Å². The summed E-state index contributed by atoms with van der Waals surface area (Å²) in [4.78, 5) is 10.3. The third-order valence-corrected chi connectivity index (χ3v) is 7.57. The Morgan fingerprint density at radius 3 is 1.69 bits per heavy atom. The molecular formula is C36H23N3. The summed E-state index contributed by atoms with van der Waals surface area (Å²) in [7, 11) is 0. The van der Waals surface area contributed by atoms with E-state index in [4.69, 9.17) is 9.97 Å². The molecule has 0 radical (unpaired) electrons. The van der Waals surface area contributed by atoms with Gasteiger partial charge in [0.15, 0.2) is 0 Å². The minimum absolute atomic E-state index is 0.668. The number of aromatic nitrogens is 3. The maximum absolute atomic E-state index is 5.15. The van der Waals surface area contributed by atoms with E-state index in [1.807, 2.05) is 12.1 Å². The predicted octanol–water partition coefficient (Wildman–Crippen LogP) is 9.21. The van der Waals surface area contributed by atoms with Gasteiger partial charge < -0.3 is 0 Å². The van der Waals surface area contributed by atoms with Crippen LogP contribution < -0.4 is 0 Å². The van der Waals surface area contributed by atoms with Crippen LogP contribution in [0.1, 0.15) is 0 Å². The summed E-state index contributed by atoms with van der Waals surface area (Å²) in [6.07, 6.45) is 0. The van der Waals surface area contributed by atoms with Crippen LogP contribution in [0.25, 0.3) is 71.8 Å². The first-order chi connectivity index (χ1) is 19.3. The molecule has 0 aliphatic carbocycles. The summed E-state index contributed by atoms with van der Waals surface area (Å²) in [5, 5.41) is 7.38. The van der Waals surface area contributed by atoms with Crippen LogP contribution in [0.5, 0.6) is 0 Å². The molecule has 0 N–H and O–H groups in total. The first-order valence-electron chi connectivity index (χ1n) is 13.2. The maximum atomic E-state index is 5.15. The molecule has 0 saturated carbocycles. The first-order valence-corrected chi connectivity index (χ1v) is 13.2. The van der Waals surface area contributed by atoms with Crippen LogP contribution in [-0.2, 0) is 0 Å². The van der Waals surface area contributed by atoms with Crippen LogP contribution in [0, 0.1) is 0 Å². The molecule has 3 nitrogen and oxygen atoms in total. The Balaban J connectivity index is 1.48. The minimum atomic E-state index is 0.668. The summed E-state index contributed by atoms with van der Waals surface area (Å²) in [5.74, 6) is 0.668. The number of hydrogen-bond donors (Lipinski definition) is 0. The maximum Gasteiger partial charge on any atom is 0.235 e. The molecule has 8 aromatic rings. The summed E-state index contributed by atoms with van der Waals surface area (Å²) in [6, 6.07) is 49.0. The van der Waals surface area contributed by atoms with Crippen LogP contribution in [0.2, 0.25) is 0 Å². The Hall–Kier alpha value is -5.28. The van der Waals surface area contributed by atoms with Crippen molar-refractivity contribution in [3.63, 3.8) is 0 Å². The van der Waals surface area contributed by atoms with Gasteiger partial charge in [-0.05, 0) is 51.9 Å². The van der Waals surface area contributed by atoms with E-state index in [1.165, 1.54) is 32.3 Å². The van der Waals surface area contributed by atoms with E-state index in [9.17, 15) is 0 Å². The molecule has 0 aliphatic heterocycles. The molecule has 182 valence electrons. The molecule has 0 saturated heterocycles. The monoisotopic (exact) mass is 497 g/mol. The number of fused-ring (bicyclic) bond motifs is 6. The van der Waals surface area contributed by atoms with E-state index in [0.29, 0.717) is 5.95 Å². The Bertz CT molecular complexity index is 2100. The van der Waals surface area contributed by atoms with E-state index in [1.54, 1.807) is 0 Å². The smallest absolute Gasteiger partial charge is 0.235 e. The fourth-order valence-electron chi connectivity index (χ4n) is 5.75. The van der Waals surface area contributed by atoms with Gasteiger partial charge >= 0.3 is 0 Å². The summed E-state index contributed by atoms with van der Waals surface area (Å²) >= 11 is 0. The molecule has 8 rings (SSSR count). The standard InChI is InChI=1S/C36H23N3/c1-3-11-24(12-4-1)31-23-32(25-13-5-2-6-14-25)38-36(37-31)39-33-18-10-9-17-29(33)35-30-22-27-16-8-7-15-26(27)21-28(30)19-20-34(35)39/h1-23H. The molecule has 0 spiro atoms. The fourth-order valence-corrected chi connectivity index (χ4v) is 5.75. The molecule has 0 amide bonds. The zero-order chi connectivity index (χ0) is 25.8. The van der Waals surface area contributed by atoms with Gasteiger partial charge in [-0.25, -0.2) is 9.97 Å². The third kappa shape index (κ3) is 3.52. The molecule has 39 heavy (non-hydrogen) atoms. The van der Waals surface area contributed by atoms with E-state index in [0.717, 1.165) is 33.5 Å². The lowest BCUT2D eigenvalue weighted by molar-refractivity contribution is 0.996. The van der Waals surface area contributed by atoms with Crippen molar-refractivity contribution < 1.29 is 0 Å². The van der Waals surface area contributed by atoms with Crippen molar-refractivity contribution in [3.8, 4) is 28.5 Å².